The molecule has 2 atom stereocenters. The van der Waals surface area contributed by atoms with Crippen molar-refractivity contribution in [2.45, 2.75) is 44.1 Å². The fourth-order valence-electron chi connectivity index (χ4n) is 6.74. The van der Waals surface area contributed by atoms with Gasteiger partial charge in [0.25, 0.3) is 0 Å². The number of oxime groups is 1. The Morgan fingerprint density at radius 2 is 1.95 bits per heavy atom. The van der Waals surface area contributed by atoms with Crippen molar-refractivity contribution in [1.29, 1.82) is 0 Å². The molecule has 0 saturated carbocycles. The summed E-state index contributed by atoms with van der Waals surface area (Å²) in [4.78, 5) is 17.4. The lowest BCUT2D eigenvalue weighted by molar-refractivity contribution is -0.00834. The molecule has 1 fully saturated rings. The molecule has 7 rings (SSSR count). The second kappa shape index (κ2) is 9.58. The van der Waals surface area contributed by atoms with Crippen molar-refractivity contribution in [3.8, 4) is 11.4 Å². The van der Waals surface area contributed by atoms with Crippen molar-refractivity contribution in [3.05, 3.63) is 113 Å². The zero-order valence-corrected chi connectivity index (χ0v) is 23.5. The van der Waals surface area contributed by atoms with Crippen molar-refractivity contribution < 1.29 is 14.0 Å². The van der Waals surface area contributed by atoms with Crippen molar-refractivity contribution in [1.82, 2.24) is 19.4 Å². The summed E-state index contributed by atoms with van der Waals surface area (Å²) >= 11 is 0. The molecular formula is C33H32FN5O2. The highest BCUT2D eigenvalue weighted by Crippen LogP contribution is 2.50. The average Bonchev–Trinajstić information content (AvgIpc) is 3.57. The number of methoxy groups -OCH3 is 1. The van der Waals surface area contributed by atoms with Gasteiger partial charge in [0.05, 0.1) is 24.8 Å². The maximum absolute atomic E-state index is 13.9. The van der Waals surface area contributed by atoms with Gasteiger partial charge in [0.1, 0.15) is 23.7 Å². The second-order valence-electron chi connectivity index (χ2n) is 11.5. The van der Waals surface area contributed by atoms with E-state index in [1.54, 1.807) is 13.4 Å². The van der Waals surface area contributed by atoms with E-state index in [-0.39, 0.29) is 11.2 Å². The number of hydrogen-bond acceptors (Lipinski definition) is 6. The Bertz CT molecular complexity index is 1690. The molecule has 2 aromatic heterocycles. The number of nitrogens with zero attached hydrogens (tertiary/aromatic N) is 5. The van der Waals surface area contributed by atoms with Crippen LogP contribution in [0.5, 0.6) is 5.75 Å². The highest BCUT2D eigenvalue weighted by molar-refractivity contribution is 6.04. The van der Waals surface area contributed by atoms with Crippen LogP contribution in [0.4, 0.5) is 4.39 Å². The van der Waals surface area contributed by atoms with Crippen LogP contribution in [0, 0.1) is 12.7 Å². The van der Waals surface area contributed by atoms with E-state index >= 15 is 0 Å². The number of benzene rings is 2. The van der Waals surface area contributed by atoms with Crippen molar-refractivity contribution in [2.75, 3.05) is 20.3 Å². The Hall–Kier alpha value is -4.46. The first kappa shape index (κ1) is 25.5. The Kier molecular flexibility index (Phi) is 5.96. The summed E-state index contributed by atoms with van der Waals surface area (Å²) in [6.07, 6.45) is 10.6. The number of imidazole rings is 1. The quantitative estimate of drug-likeness (QED) is 0.315. The molecule has 7 nitrogen and oxygen atoms in total. The third-order valence-corrected chi connectivity index (χ3v) is 8.93. The van der Waals surface area contributed by atoms with Crippen LogP contribution >= 0.6 is 0 Å². The summed E-state index contributed by atoms with van der Waals surface area (Å²) in [5.74, 6) is 1.32. The van der Waals surface area contributed by atoms with Gasteiger partial charge >= 0.3 is 0 Å². The Labute approximate surface area is 239 Å². The molecule has 0 amide bonds. The van der Waals surface area contributed by atoms with Gasteiger partial charge in [0.15, 0.2) is 5.84 Å². The summed E-state index contributed by atoms with van der Waals surface area (Å²) in [6, 6.07) is 17.2. The molecule has 0 N–H and O–H groups in total. The summed E-state index contributed by atoms with van der Waals surface area (Å²) in [7, 11) is 1.69. The molecule has 4 heterocycles. The minimum atomic E-state index is -0.525. The number of halogens is 1. The van der Waals surface area contributed by atoms with Crippen LogP contribution in [0.1, 0.15) is 47.8 Å². The number of rotatable bonds is 4. The molecule has 2 aromatic carbocycles. The van der Waals surface area contributed by atoms with E-state index in [1.165, 1.54) is 23.4 Å². The molecule has 41 heavy (non-hydrogen) atoms. The van der Waals surface area contributed by atoms with Crippen molar-refractivity contribution in [3.63, 3.8) is 0 Å². The molecule has 8 heteroatoms. The SMILES string of the molecule is COc1cc(/C=C2\CC3(CCc4ncccc43)CN3C2=NOCC3(C)c2ccc(F)cc2)ccc1-n1cnc(C)c1. The van der Waals surface area contributed by atoms with E-state index in [0.29, 0.717) is 6.61 Å². The smallest absolute Gasteiger partial charge is 0.172 e. The highest BCUT2D eigenvalue weighted by atomic mass is 19.1. The summed E-state index contributed by atoms with van der Waals surface area (Å²) < 4.78 is 21.7. The number of piperidine rings is 1. The minimum absolute atomic E-state index is 0.120. The van der Waals surface area contributed by atoms with Gasteiger partial charge in [-0.25, -0.2) is 9.37 Å². The van der Waals surface area contributed by atoms with Gasteiger partial charge in [-0.05, 0) is 91.8 Å². The number of amidine groups is 1. The molecule has 0 radical (unpaired) electrons. The summed E-state index contributed by atoms with van der Waals surface area (Å²) in [6.45, 7) is 5.28. The Morgan fingerprint density at radius 1 is 1.10 bits per heavy atom. The zero-order chi connectivity index (χ0) is 28.2. The fourth-order valence-corrected chi connectivity index (χ4v) is 6.74. The van der Waals surface area contributed by atoms with E-state index in [9.17, 15) is 4.39 Å². The topological polar surface area (TPSA) is 64.8 Å². The first-order valence-corrected chi connectivity index (χ1v) is 14.0. The first-order chi connectivity index (χ1) is 19.9. The maximum Gasteiger partial charge on any atom is 0.172 e. The molecule has 0 bridgehead atoms. The predicted octanol–water partition coefficient (Wildman–Crippen LogP) is 5.96. The van der Waals surface area contributed by atoms with E-state index in [0.717, 1.165) is 65.5 Å². The number of hydrogen-bond donors (Lipinski definition) is 0. The van der Waals surface area contributed by atoms with E-state index < -0.39 is 5.54 Å². The lowest BCUT2D eigenvalue weighted by atomic mass is 9.71. The van der Waals surface area contributed by atoms with E-state index in [1.807, 2.05) is 42.1 Å². The largest absolute Gasteiger partial charge is 0.495 e. The molecule has 2 aliphatic heterocycles. The Morgan fingerprint density at radius 3 is 2.73 bits per heavy atom. The normalized spacial score (nSPS) is 24.1. The average molecular weight is 550 g/mol. The molecule has 1 saturated heterocycles. The van der Waals surface area contributed by atoms with Gasteiger partial charge in [-0.3, -0.25) is 4.98 Å². The van der Waals surface area contributed by atoms with Gasteiger partial charge in [0, 0.05) is 30.0 Å². The number of fused-ring (bicyclic) bond motifs is 3. The molecule has 4 aromatic rings. The molecule has 3 aliphatic rings. The number of aryl methyl sites for hydroxylation is 2. The van der Waals surface area contributed by atoms with Crippen LogP contribution in [-0.4, -0.2) is 45.5 Å². The van der Waals surface area contributed by atoms with Crippen LogP contribution < -0.4 is 4.74 Å². The molecule has 2 unspecified atom stereocenters. The monoisotopic (exact) mass is 549 g/mol. The zero-order valence-electron chi connectivity index (χ0n) is 23.5. The van der Waals surface area contributed by atoms with Crippen LogP contribution in [0.25, 0.3) is 11.8 Å². The number of aromatic nitrogens is 3. The lowest BCUT2D eigenvalue weighted by Crippen LogP contribution is -2.60. The third-order valence-electron chi connectivity index (χ3n) is 8.93. The van der Waals surface area contributed by atoms with Gasteiger partial charge in [-0.1, -0.05) is 29.4 Å². The standard InChI is InChI=1S/C33H32FN5O2/c1-22-18-38(21-36-22)29-11-6-23(16-30(29)40-3)15-24-17-33(13-12-28-27(33)5-4-14-35-28)19-39-31(24)37-41-20-32(39,2)25-7-9-26(34)10-8-25/h4-11,14-16,18,21H,12-13,17,19-20H2,1-3H3/b24-15+. The van der Waals surface area contributed by atoms with Crippen LogP contribution in [0.3, 0.4) is 0 Å². The lowest BCUT2D eigenvalue weighted by Gasteiger charge is -2.53. The van der Waals surface area contributed by atoms with Crippen LogP contribution in [0.15, 0.2) is 84.0 Å². The Balaban J connectivity index is 1.35. The molecule has 1 aliphatic carbocycles. The molecule has 208 valence electrons. The van der Waals surface area contributed by atoms with Crippen LogP contribution in [0.2, 0.25) is 0 Å². The third kappa shape index (κ3) is 4.20. The second-order valence-corrected chi connectivity index (χ2v) is 11.5. The first-order valence-electron chi connectivity index (χ1n) is 14.0. The van der Waals surface area contributed by atoms with Crippen LogP contribution in [-0.2, 0) is 22.2 Å². The van der Waals surface area contributed by atoms with Gasteiger partial charge in [0.2, 0.25) is 0 Å². The highest BCUT2D eigenvalue weighted by Gasteiger charge is 2.52. The maximum atomic E-state index is 13.9. The summed E-state index contributed by atoms with van der Waals surface area (Å²) in [5, 5.41) is 4.63. The number of pyridine rings is 1. The van der Waals surface area contributed by atoms with Gasteiger partial charge in [-0.15, -0.1) is 0 Å². The van der Waals surface area contributed by atoms with Gasteiger partial charge in [-0.2, -0.15) is 0 Å². The minimum Gasteiger partial charge on any atom is -0.495 e. The van der Waals surface area contributed by atoms with E-state index in [2.05, 4.69) is 52.3 Å². The van der Waals surface area contributed by atoms with E-state index in [4.69, 9.17) is 14.6 Å². The van der Waals surface area contributed by atoms with Crippen molar-refractivity contribution >= 4 is 11.9 Å². The fraction of sp³-hybridized carbons (Fsp3) is 0.303. The number of ether oxygens (including phenoxy) is 1. The summed E-state index contributed by atoms with van der Waals surface area (Å²) in [5.41, 5.74) is 6.80. The molecular weight excluding hydrogens is 517 g/mol. The predicted molar refractivity (Wildman–Crippen MR) is 156 cm³/mol. The molecule has 1 spiro atoms. The van der Waals surface area contributed by atoms with Crippen molar-refractivity contribution in [2.24, 2.45) is 5.16 Å². The van der Waals surface area contributed by atoms with Gasteiger partial charge < -0.3 is 19.0 Å².